The van der Waals surface area contributed by atoms with Crippen LogP contribution >= 0.6 is 0 Å². The number of carbonyl (C=O) groups is 2. The summed E-state index contributed by atoms with van der Waals surface area (Å²) in [5.41, 5.74) is 5.14. The van der Waals surface area contributed by atoms with Crippen LogP contribution in [0, 0.1) is 5.41 Å². The van der Waals surface area contributed by atoms with Gasteiger partial charge in [0, 0.05) is 43.7 Å². The van der Waals surface area contributed by atoms with E-state index in [-0.39, 0.29) is 12.3 Å². The molecule has 2 fully saturated rings. The van der Waals surface area contributed by atoms with Crippen LogP contribution in [-0.4, -0.2) is 58.0 Å². The van der Waals surface area contributed by atoms with Gasteiger partial charge in [-0.3, -0.25) is 9.59 Å². The number of rotatable bonds is 7. The zero-order chi connectivity index (χ0) is 23.5. The van der Waals surface area contributed by atoms with Gasteiger partial charge in [-0.1, -0.05) is 30.3 Å². The highest BCUT2D eigenvalue weighted by Gasteiger charge is 2.40. The molecule has 0 atom stereocenters. The number of hydrogen-bond acceptors (Lipinski definition) is 5. The summed E-state index contributed by atoms with van der Waals surface area (Å²) < 4.78 is 0. The number of carboxylic acid groups (broad SMARTS) is 1. The molecule has 7 nitrogen and oxygen atoms in total. The van der Waals surface area contributed by atoms with Crippen molar-refractivity contribution < 1.29 is 14.7 Å². The lowest BCUT2D eigenvalue weighted by Crippen LogP contribution is -2.58. The van der Waals surface area contributed by atoms with Crippen molar-refractivity contribution in [2.75, 3.05) is 26.2 Å². The maximum atomic E-state index is 13.2. The molecule has 0 unspecified atom stereocenters. The summed E-state index contributed by atoms with van der Waals surface area (Å²) in [4.78, 5) is 35.9. The van der Waals surface area contributed by atoms with Crippen molar-refractivity contribution in [3.05, 3.63) is 59.8 Å². The Morgan fingerprint density at radius 2 is 1.74 bits per heavy atom. The van der Waals surface area contributed by atoms with Crippen LogP contribution < -0.4 is 5.32 Å². The molecule has 3 heterocycles. The van der Waals surface area contributed by atoms with Crippen molar-refractivity contribution in [1.29, 1.82) is 0 Å². The van der Waals surface area contributed by atoms with E-state index < -0.39 is 5.97 Å². The summed E-state index contributed by atoms with van der Waals surface area (Å²) in [6.07, 6.45) is 4.21. The largest absolute Gasteiger partial charge is 0.481 e. The van der Waals surface area contributed by atoms with E-state index in [4.69, 9.17) is 15.1 Å². The number of aliphatic carboxylic acids is 1. The molecule has 2 aromatic carbocycles. The Kier molecular flexibility index (Phi) is 6.28. The fraction of sp³-hybridized carbons (Fsp3) is 0.407. The predicted molar refractivity (Wildman–Crippen MR) is 131 cm³/mol. The minimum Gasteiger partial charge on any atom is -0.481 e. The summed E-state index contributed by atoms with van der Waals surface area (Å²) in [6, 6.07) is 15.5. The Morgan fingerprint density at radius 1 is 0.971 bits per heavy atom. The fourth-order valence-electron chi connectivity index (χ4n) is 4.99. The molecule has 1 aromatic heterocycles. The Morgan fingerprint density at radius 3 is 2.41 bits per heavy atom. The van der Waals surface area contributed by atoms with E-state index in [9.17, 15) is 9.59 Å². The average Bonchev–Trinajstić information content (AvgIpc) is 2.85. The molecule has 0 aliphatic carbocycles. The van der Waals surface area contributed by atoms with E-state index in [1.165, 1.54) is 0 Å². The first-order valence-corrected chi connectivity index (χ1v) is 12.1. The summed E-state index contributed by atoms with van der Waals surface area (Å²) >= 11 is 0. The van der Waals surface area contributed by atoms with Gasteiger partial charge in [-0.2, -0.15) is 0 Å². The molecule has 5 rings (SSSR count). The smallest absolute Gasteiger partial charge is 0.303 e. The first-order chi connectivity index (χ1) is 16.5. The number of nitrogens with zero attached hydrogens (tertiary/aromatic N) is 3. The minimum atomic E-state index is -0.784. The van der Waals surface area contributed by atoms with Gasteiger partial charge in [0.25, 0.3) is 5.91 Å². The van der Waals surface area contributed by atoms with Gasteiger partial charge in [0.1, 0.15) is 0 Å². The second kappa shape index (κ2) is 9.50. The monoisotopic (exact) mass is 458 g/mol. The Bertz CT molecular complexity index is 1200. The van der Waals surface area contributed by atoms with E-state index >= 15 is 0 Å². The van der Waals surface area contributed by atoms with E-state index in [1.807, 2.05) is 53.4 Å². The summed E-state index contributed by atoms with van der Waals surface area (Å²) in [5.74, 6) is -0.728. The SMILES string of the molecule is O=C(O)CCCCc1nc2cc(C(=O)N3CCC4(CC3)CNC4)ccc2nc1-c1ccccc1. The molecule has 0 bridgehead atoms. The fourth-order valence-corrected chi connectivity index (χ4v) is 4.99. The Balaban J connectivity index is 1.40. The van der Waals surface area contributed by atoms with Crippen LogP contribution in [0.3, 0.4) is 0 Å². The van der Waals surface area contributed by atoms with Crippen LogP contribution in [0.15, 0.2) is 48.5 Å². The summed E-state index contributed by atoms with van der Waals surface area (Å²) in [6.45, 7) is 3.73. The standard InChI is InChI=1S/C27H30N4O3/c32-24(33)9-5-4-8-22-25(19-6-2-1-3-7-19)30-21-11-10-20(16-23(21)29-22)26(34)31-14-12-27(13-15-31)17-28-18-27/h1-3,6-7,10-11,16,28H,4-5,8-9,12-15,17-18H2,(H,32,33). The molecule has 34 heavy (non-hydrogen) atoms. The van der Waals surface area contributed by atoms with Crippen LogP contribution in [0.2, 0.25) is 0 Å². The van der Waals surface area contributed by atoms with E-state index in [2.05, 4.69) is 5.32 Å². The van der Waals surface area contributed by atoms with Crippen LogP contribution in [0.5, 0.6) is 0 Å². The number of aromatic nitrogens is 2. The normalized spacial score (nSPS) is 17.0. The number of amides is 1. The minimum absolute atomic E-state index is 0.0565. The van der Waals surface area contributed by atoms with Crippen LogP contribution in [-0.2, 0) is 11.2 Å². The maximum absolute atomic E-state index is 13.2. The molecule has 176 valence electrons. The molecule has 3 aromatic rings. The van der Waals surface area contributed by atoms with Crippen molar-refractivity contribution in [2.45, 2.75) is 38.5 Å². The van der Waals surface area contributed by atoms with E-state index in [0.717, 1.165) is 67.9 Å². The number of nitrogens with one attached hydrogen (secondary N) is 1. The van der Waals surface area contributed by atoms with Crippen molar-refractivity contribution in [3.63, 3.8) is 0 Å². The lowest BCUT2D eigenvalue weighted by Gasteiger charge is -2.48. The number of likely N-dealkylation sites (tertiary alicyclic amines) is 1. The van der Waals surface area contributed by atoms with Crippen molar-refractivity contribution in [3.8, 4) is 11.3 Å². The van der Waals surface area contributed by atoms with Gasteiger partial charge in [0.2, 0.25) is 0 Å². The topological polar surface area (TPSA) is 95.4 Å². The lowest BCUT2D eigenvalue weighted by atomic mass is 9.73. The van der Waals surface area contributed by atoms with Gasteiger partial charge in [-0.25, -0.2) is 9.97 Å². The zero-order valence-corrected chi connectivity index (χ0v) is 19.3. The quantitative estimate of drug-likeness (QED) is 0.521. The van der Waals surface area contributed by atoms with Crippen molar-refractivity contribution >= 4 is 22.9 Å². The maximum Gasteiger partial charge on any atom is 0.303 e. The van der Waals surface area contributed by atoms with E-state index in [0.29, 0.717) is 29.3 Å². The molecule has 1 spiro atoms. The second-order valence-corrected chi connectivity index (χ2v) is 9.59. The lowest BCUT2D eigenvalue weighted by molar-refractivity contribution is -0.137. The average molecular weight is 459 g/mol. The van der Waals surface area contributed by atoms with Crippen molar-refractivity contribution in [2.24, 2.45) is 5.41 Å². The second-order valence-electron chi connectivity index (χ2n) is 9.59. The number of piperidine rings is 1. The van der Waals surface area contributed by atoms with Gasteiger partial charge >= 0.3 is 5.97 Å². The highest BCUT2D eigenvalue weighted by atomic mass is 16.4. The number of unbranched alkanes of at least 4 members (excludes halogenated alkanes) is 1. The first-order valence-electron chi connectivity index (χ1n) is 12.1. The third-order valence-corrected chi connectivity index (χ3v) is 7.20. The molecular weight excluding hydrogens is 428 g/mol. The third-order valence-electron chi connectivity index (χ3n) is 7.20. The Labute approximate surface area is 199 Å². The van der Waals surface area contributed by atoms with Gasteiger partial charge in [-0.05, 0) is 55.7 Å². The number of carboxylic acids is 1. The number of aryl methyl sites for hydroxylation is 1. The predicted octanol–water partition coefficient (Wildman–Crippen LogP) is 3.92. The molecular formula is C27H30N4O3. The molecule has 2 N–H and O–H groups in total. The van der Waals surface area contributed by atoms with Crippen LogP contribution in [0.1, 0.15) is 48.2 Å². The number of benzene rings is 2. The highest BCUT2D eigenvalue weighted by molar-refractivity contribution is 5.97. The molecule has 0 saturated carbocycles. The number of fused-ring (bicyclic) bond motifs is 1. The highest BCUT2D eigenvalue weighted by Crippen LogP contribution is 2.35. The molecule has 0 radical (unpaired) electrons. The number of hydrogen-bond donors (Lipinski definition) is 2. The third kappa shape index (κ3) is 4.66. The molecule has 7 heteroatoms. The molecule has 2 aliphatic heterocycles. The summed E-state index contributed by atoms with van der Waals surface area (Å²) in [7, 11) is 0. The van der Waals surface area contributed by atoms with Crippen LogP contribution in [0.25, 0.3) is 22.3 Å². The zero-order valence-electron chi connectivity index (χ0n) is 19.3. The summed E-state index contributed by atoms with van der Waals surface area (Å²) in [5, 5.41) is 12.3. The van der Waals surface area contributed by atoms with Gasteiger partial charge < -0.3 is 15.3 Å². The van der Waals surface area contributed by atoms with E-state index in [1.54, 1.807) is 0 Å². The van der Waals surface area contributed by atoms with Crippen molar-refractivity contribution in [1.82, 2.24) is 20.2 Å². The number of carbonyl (C=O) groups excluding carboxylic acids is 1. The molecule has 2 saturated heterocycles. The van der Waals surface area contributed by atoms with Gasteiger partial charge in [0.15, 0.2) is 0 Å². The Hall–Kier alpha value is -3.32. The van der Waals surface area contributed by atoms with Crippen LogP contribution in [0.4, 0.5) is 0 Å². The van der Waals surface area contributed by atoms with Gasteiger partial charge in [0.05, 0.1) is 22.4 Å². The molecule has 2 aliphatic rings. The van der Waals surface area contributed by atoms with Gasteiger partial charge in [-0.15, -0.1) is 0 Å². The first kappa shape index (κ1) is 22.5. The molecule has 1 amide bonds.